The number of ether oxygens (including phenoxy) is 1. The van der Waals surface area contributed by atoms with E-state index in [0.29, 0.717) is 4.88 Å². The monoisotopic (exact) mass is 355 g/mol. The predicted octanol–water partition coefficient (Wildman–Crippen LogP) is 2.57. The average Bonchev–Trinajstić information content (AvgIpc) is 3.23. The molecule has 3 rings (SSSR count). The Kier molecular flexibility index (Phi) is 4.58. The van der Waals surface area contributed by atoms with E-state index in [-0.39, 0.29) is 35.6 Å². The summed E-state index contributed by atoms with van der Waals surface area (Å²) in [6, 6.07) is 7.51. The van der Waals surface area contributed by atoms with Crippen LogP contribution in [0.1, 0.15) is 40.7 Å². The topological polar surface area (TPSA) is 80.8 Å². The van der Waals surface area contributed by atoms with Crippen molar-refractivity contribution in [3.8, 4) is 0 Å². The fraction of sp³-hybridized carbons (Fsp3) is 0.111. The summed E-state index contributed by atoms with van der Waals surface area (Å²) < 4.78 is 5.00. The normalized spacial score (nSPS) is 12.9. The maximum absolute atomic E-state index is 12.2. The first-order chi connectivity index (χ1) is 12.0. The van der Waals surface area contributed by atoms with E-state index >= 15 is 0 Å². The van der Waals surface area contributed by atoms with E-state index in [1.807, 2.05) is 0 Å². The number of nitrogens with zero attached hydrogens (tertiary/aromatic N) is 1. The van der Waals surface area contributed by atoms with Crippen molar-refractivity contribution in [2.24, 2.45) is 0 Å². The third-order valence-corrected chi connectivity index (χ3v) is 4.56. The van der Waals surface area contributed by atoms with Crippen molar-refractivity contribution in [2.75, 3.05) is 13.2 Å². The largest absolute Gasteiger partial charge is 0.454 e. The number of amides is 2. The standard InChI is InChI=1S/C18H13NO5S/c1-2-7-19-16(21)12-6-5-11(9-13(12)17(19)22)18(23)24-10-14(20)15-4-3-8-25-15/h2-6,8-9H,1,7,10H2. The van der Waals surface area contributed by atoms with E-state index < -0.39 is 17.8 Å². The van der Waals surface area contributed by atoms with Gasteiger partial charge in [-0.3, -0.25) is 19.3 Å². The van der Waals surface area contributed by atoms with Crippen LogP contribution in [0, 0.1) is 0 Å². The molecule has 0 atom stereocenters. The number of thiophene rings is 1. The number of Topliss-reactive ketones (excluding diaryl/α,β-unsaturated/α-hetero) is 1. The Morgan fingerprint density at radius 1 is 1.16 bits per heavy atom. The number of esters is 1. The molecule has 0 aliphatic carbocycles. The summed E-state index contributed by atoms with van der Waals surface area (Å²) in [6.45, 7) is 3.23. The molecule has 1 aromatic heterocycles. The molecule has 0 bridgehead atoms. The van der Waals surface area contributed by atoms with Crippen molar-refractivity contribution in [1.82, 2.24) is 4.90 Å². The molecular weight excluding hydrogens is 342 g/mol. The number of carbonyl (C=O) groups is 4. The fourth-order valence-electron chi connectivity index (χ4n) is 2.44. The molecule has 0 saturated carbocycles. The van der Waals surface area contributed by atoms with Gasteiger partial charge in [-0.25, -0.2) is 4.79 Å². The van der Waals surface area contributed by atoms with Crippen molar-refractivity contribution in [3.63, 3.8) is 0 Å². The lowest BCUT2D eigenvalue weighted by Gasteiger charge is -2.09. The summed E-state index contributed by atoms with van der Waals surface area (Å²) in [5.74, 6) is -1.93. The number of carbonyl (C=O) groups excluding carboxylic acids is 4. The van der Waals surface area contributed by atoms with Gasteiger partial charge in [-0.1, -0.05) is 12.1 Å². The van der Waals surface area contributed by atoms with Crippen LogP contribution < -0.4 is 0 Å². The van der Waals surface area contributed by atoms with Crippen LogP contribution in [-0.2, 0) is 4.74 Å². The van der Waals surface area contributed by atoms with Gasteiger partial charge in [0.05, 0.1) is 21.6 Å². The SMILES string of the molecule is C=CCN1C(=O)c2ccc(C(=O)OCC(=O)c3cccs3)cc2C1=O. The Balaban J connectivity index is 1.73. The van der Waals surface area contributed by atoms with Gasteiger partial charge in [0, 0.05) is 6.54 Å². The molecule has 1 aliphatic rings. The second-order valence-corrected chi connectivity index (χ2v) is 6.19. The number of ketones is 1. The molecule has 2 heterocycles. The zero-order valence-electron chi connectivity index (χ0n) is 13.1. The molecule has 6 nitrogen and oxygen atoms in total. The van der Waals surface area contributed by atoms with Gasteiger partial charge in [0.1, 0.15) is 0 Å². The van der Waals surface area contributed by atoms with E-state index in [4.69, 9.17) is 4.74 Å². The van der Waals surface area contributed by atoms with Crippen LogP contribution >= 0.6 is 11.3 Å². The smallest absolute Gasteiger partial charge is 0.338 e. The van der Waals surface area contributed by atoms with E-state index in [9.17, 15) is 19.2 Å². The molecule has 0 unspecified atom stereocenters. The number of fused-ring (bicyclic) bond motifs is 1. The van der Waals surface area contributed by atoms with Crippen molar-refractivity contribution in [1.29, 1.82) is 0 Å². The summed E-state index contributed by atoms with van der Waals surface area (Å²) in [5.41, 5.74) is 0.489. The van der Waals surface area contributed by atoms with Crippen molar-refractivity contribution in [2.45, 2.75) is 0 Å². The molecule has 25 heavy (non-hydrogen) atoms. The minimum Gasteiger partial charge on any atom is -0.454 e. The molecule has 0 fully saturated rings. The van der Waals surface area contributed by atoms with Crippen LogP contribution in [0.3, 0.4) is 0 Å². The summed E-state index contributed by atoms with van der Waals surface area (Å²) >= 11 is 1.26. The Labute approximate surface area is 147 Å². The number of imide groups is 1. The molecule has 0 saturated heterocycles. The van der Waals surface area contributed by atoms with Crippen LogP contribution in [0.15, 0.2) is 48.4 Å². The number of rotatable bonds is 6. The van der Waals surface area contributed by atoms with E-state index in [1.165, 1.54) is 35.6 Å². The highest BCUT2D eigenvalue weighted by molar-refractivity contribution is 7.12. The molecule has 2 amide bonds. The molecule has 0 spiro atoms. The third kappa shape index (κ3) is 3.14. The van der Waals surface area contributed by atoms with E-state index in [2.05, 4.69) is 6.58 Å². The molecule has 126 valence electrons. The molecule has 2 aromatic rings. The fourth-order valence-corrected chi connectivity index (χ4v) is 3.09. The molecule has 1 aliphatic heterocycles. The first-order valence-corrected chi connectivity index (χ1v) is 8.26. The van der Waals surface area contributed by atoms with Crippen LogP contribution in [0.5, 0.6) is 0 Å². The van der Waals surface area contributed by atoms with Crippen molar-refractivity contribution < 1.29 is 23.9 Å². The summed E-state index contributed by atoms with van der Waals surface area (Å²) in [6.07, 6.45) is 1.45. The van der Waals surface area contributed by atoms with Crippen LogP contribution in [0.4, 0.5) is 0 Å². The van der Waals surface area contributed by atoms with E-state index in [0.717, 1.165) is 4.90 Å². The van der Waals surface area contributed by atoms with Gasteiger partial charge in [0.15, 0.2) is 6.61 Å². The first-order valence-electron chi connectivity index (χ1n) is 7.38. The molecule has 0 N–H and O–H groups in total. The highest BCUT2D eigenvalue weighted by Crippen LogP contribution is 2.24. The Morgan fingerprint density at radius 2 is 1.92 bits per heavy atom. The van der Waals surface area contributed by atoms with Gasteiger partial charge >= 0.3 is 5.97 Å². The summed E-state index contributed by atoms with van der Waals surface area (Å²) in [4.78, 5) is 49.9. The maximum atomic E-state index is 12.2. The average molecular weight is 355 g/mol. The van der Waals surface area contributed by atoms with Gasteiger partial charge in [-0.05, 0) is 29.6 Å². The zero-order valence-corrected chi connectivity index (χ0v) is 13.9. The molecule has 7 heteroatoms. The first kappa shape index (κ1) is 16.8. The molecule has 1 aromatic carbocycles. The number of benzene rings is 1. The van der Waals surface area contributed by atoms with Crippen LogP contribution in [0.25, 0.3) is 0 Å². The second-order valence-electron chi connectivity index (χ2n) is 5.25. The van der Waals surface area contributed by atoms with Crippen molar-refractivity contribution >= 4 is 34.9 Å². The van der Waals surface area contributed by atoms with Gasteiger partial charge in [-0.2, -0.15) is 0 Å². The summed E-state index contributed by atoms with van der Waals surface area (Å²) in [5, 5.41) is 1.76. The second kappa shape index (κ2) is 6.82. The van der Waals surface area contributed by atoms with Gasteiger partial charge in [0.25, 0.3) is 11.8 Å². The van der Waals surface area contributed by atoms with Crippen LogP contribution in [0.2, 0.25) is 0 Å². The third-order valence-electron chi connectivity index (χ3n) is 3.65. The van der Waals surface area contributed by atoms with Crippen LogP contribution in [-0.4, -0.2) is 41.6 Å². The molecular formula is C18H13NO5S. The predicted molar refractivity (Wildman–Crippen MR) is 90.9 cm³/mol. The lowest BCUT2D eigenvalue weighted by atomic mass is 10.1. The van der Waals surface area contributed by atoms with Gasteiger partial charge in [0.2, 0.25) is 5.78 Å². The molecule has 0 radical (unpaired) electrons. The Bertz CT molecular complexity index is 885. The minimum atomic E-state index is -0.727. The Morgan fingerprint density at radius 3 is 2.60 bits per heavy atom. The van der Waals surface area contributed by atoms with Gasteiger partial charge in [-0.15, -0.1) is 17.9 Å². The van der Waals surface area contributed by atoms with E-state index in [1.54, 1.807) is 17.5 Å². The quantitative estimate of drug-likeness (QED) is 0.344. The lowest BCUT2D eigenvalue weighted by molar-refractivity contribution is 0.0475. The highest BCUT2D eigenvalue weighted by atomic mass is 32.1. The van der Waals surface area contributed by atoms with Gasteiger partial charge < -0.3 is 4.74 Å². The minimum absolute atomic E-state index is 0.0987. The highest BCUT2D eigenvalue weighted by Gasteiger charge is 2.35. The number of hydrogen-bond donors (Lipinski definition) is 0. The maximum Gasteiger partial charge on any atom is 0.338 e. The zero-order chi connectivity index (χ0) is 18.0. The van der Waals surface area contributed by atoms with Crippen molar-refractivity contribution in [3.05, 3.63) is 69.9 Å². The Hall–Kier alpha value is -3.06. The number of hydrogen-bond acceptors (Lipinski definition) is 6. The summed E-state index contributed by atoms with van der Waals surface area (Å²) in [7, 11) is 0. The lowest BCUT2D eigenvalue weighted by Crippen LogP contribution is -2.29.